The molecule has 1 fully saturated rings. The molecule has 1 unspecified atom stereocenters. The Bertz CT molecular complexity index is 264. The van der Waals surface area contributed by atoms with Crippen molar-refractivity contribution in [3.63, 3.8) is 0 Å². The second-order valence-corrected chi connectivity index (χ2v) is 5.08. The third-order valence-corrected chi connectivity index (χ3v) is 2.52. The third kappa shape index (κ3) is 2.92. The topological polar surface area (TPSA) is 49.8 Å². The van der Waals surface area contributed by atoms with Gasteiger partial charge in [0.15, 0.2) is 0 Å². The molecule has 1 aliphatic rings. The van der Waals surface area contributed by atoms with Gasteiger partial charge in [0.05, 0.1) is 6.61 Å². The Labute approximate surface area is 95.4 Å². The summed E-state index contributed by atoms with van der Waals surface area (Å²) in [6, 6.07) is 0. The molecule has 1 saturated heterocycles. The van der Waals surface area contributed by atoms with Crippen LogP contribution < -0.4 is 0 Å². The van der Waals surface area contributed by atoms with Gasteiger partial charge in [0, 0.05) is 19.5 Å². The van der Waals surface area contributed by atoms with E-state index < -0.39 is 17.4 Å². The number of nitrogens with zero attached hydrogens (tertiary/aromatic N) is 1. The van der Waals surface area contributed by atoms with E-state index in [1.54, 1.807) is 20.8 Å². The van der Waals surface area contributed by atoms with Gasteiger partial charge in [0.2, 0.25) is 0 Å². The first-order chi connectivity index (χ1) is 7.29. The zero-order valence-electron chi connectivity index (χ0n) is 10.1. The molecule has 0 aromatic carbocycles. The van der Waals surface area contributed by atoms with E-state index in [-0.39, 0.29) is 19.6 Å². The summed E-state index contributed by atoms with van der Waals surface area (Å²) in [6.45, 7) is 5.61. The molecule has 1 N–H and O–H groups in total. The van der Waals surface area contributed by atoms with Crippen molar-refractivity contribution in [3.05, 3.63) is 0 Å². The summed E-state index contributed by atoms with van der Waals surface area (Å²) in [4.78, 5) is 13.1. The van der Waals surface area contributed by atoms with E-state index >= 15 is 0 Å². The molecule has 1 aliphatic heterocycles. The summed E-state index contributed by atoms with van der Waals surface area (Å²) in [6.07, 6.45) is 0.748. The van der Waals surface area contributed by atoms with Gasteiger partial charge in [0.1, 0.15) is 5.60 Å². The van der Waals surface area contributed by atoms with Crippen molar-refractivity contribution < 1.29 is 19.0 Å². The Kier molecular flexibility index (Phi) is 3.91. The number of hydrogen-bond donors (Lipinski definition) is 1. The average molecular weight is 233 g/mol. The normalized spacial score (nSPS) is 27.1. The van der Waals surface area contributed by atoms with Gasteiger partial charge in [-0.1, -0.05) is 0 Å². The van der Waals surface area contributed by atoms with Crippen LogP contribution in [0.3, 0.4) is 0 Å². The van der Waals surface area contributed by atoms with Crippen LogP contribution in [0.1, 0.15) is 33.6 Å². The van der Waals surface area contributed by atoms with Crippen LogP contribution in [-0.2, 0) is 9.53 Å². The molecular weight excluding hydrogens is 213 g/mol. The molecule has 94 valence electrons. The number of likely N-dealkylation sites (tertiary alicyclic amines) is 1. The molecule has 5 heteroatoms. The Morgan fingerprint density at radius 3 is 2.69 bits per heavy atom. The molecule has 1 atom stereocenters. The molecule has 1 rings (SSSR count). The van der Waals surface area contributed by atoms with Crippen LogP contribution in [0.15, 0.2) is 0 Å². The fourth-order valence-corrected chi connectivity index (χ4v) is 1.84. The first-order valence-electron chi connectivity index (χ1n) is 5.58. The number of esters is 1. The van der Waals surface area contributed by atoms with E-state index in [0.29, 0.717) is 13.0 Å². The van der Waals surface area contributed by atoms with E-state index in [1.807, 2.05) is 0 Å². The fourth-order valence-electron chi connectivity index (χ4n) is 1.84. The Balaban J connectivity index is 2.71. The predicted octanol–water partition coefficient (Wildman–Crippen LogP) is 1.08. The molecule has 0 amide bonds. The zero-order chi connectivity index (χ0) is 12.4. The molecule has 4 nitrogen and oxygen atoms in total. The quantitative estimate of drug-likeness (QED) is 0.585. The van der Waals surface area contributed by atoms with Crippen LogP contribution in [0.2, 0.25) is 0 Å². The number of hydrogen-bond acceptors (Lipinski definition) is 4. The average Bonchev–Trinajstić information content (AvgIpc) is 2.47. The van der Waals surface area contributed by atoms with Gasteiger partial charge in [-0.3, -0.25) is 4.90 Å². The largest absolute Gasteiger partial charge is 0.457 e. The number of carbonyl (C=O) groups is 1. The van der Waals surface area contributed by atoms with Gasteiger partial charge >= 0.3 is 5.97 Å². The summed E-state index contributed by atoms with van der Waals surface area (Å²) in [5.41, 5.74) is -0.691. The van der Waals surface area contributed by atoms with Gasteiger partial charge in [-0.25, -0.2) is 9.18 Å². The lowest BCUT2D eigenvalue weighted by Crippen LogP contribution is -2.50. The third-order valence-electron chi connectivity index (χ3n) is 2.52. The van der Waals surface area contributed by atoms with Crippen LogP contribution in [0.25, 0.3) is 0 Å². The molecule has 0 saturated carbocycles. The maximum atomic E-state index is 14.4. The van der Waals surface area contributed by atoms with Crippen molar-refractivity contribution in [1.82, 2.24) is 4.90 Å². The lowest BCUT2D eigenvalue weighted by molar-refractivity contribution is -0.181. The van der Waals surface area contributed by atoms with Gasteiger partial charge in [-0.15, -0.1) is 0 Å². The van der Waals surface area contributed by atoms with Crippen LogP contribution in [0.5, 0.6) is 0 Å². The highest BCUT2D eigenvalue weighted by molar-refractivity contribution is 5.79. The Morgan fingerprint density at radius 1 is 1.56 bits per heavy atom. The van der Waals surface area contributed by atoms with Crippen LogP contribution in [0, 0.1) is 0 Å². The van der Waals surface area contributed by atoms with Crippen molar-refractivity contribution in [3.8, 4) is 0 Å². The Morgan fingerprint density at radius 2 is 2.19 bits per heavy atom. The Hall–Kier alpha value is -0.680. The van der Waals surface area contributed by atoms with E-state index in [2.05, 4.69) is 0 Å². The number of alkyl halides is 1. The van der Waals surface area contributed by atoms with Crippen molar-refractivity contribution in [2.75, 3.05) is 19.7 Å². The van der Waals surface area contributed by atoms with E-state index in [4.69, 9.17) is 9.84 Å². The van der Waals surface area contributed by atoms with E-state index in [9.17, 15) is 9.18 Å². The molecule has 0 aromatic rings. The van der Waals surface area contributed by atoms with Crippen molar-refractivity contribution in [2.24, 2.45) is 0 Å². The second-order valence-electron chi connectivity index (χ2n) is 5.08. The summed E-state index contributed by atoms with van der Waals surface area (Å²) in [7, 11) is 0. The first kappa shape index (κ1) is 13.4. The highest BCUT2D eigenvalue weighted by Crippen LogP contribution is 2.32. The molecule has 0 aliphatic carbocycles. The number of rotatable bonds is 3. The number of aliphatic hydroxyl groups is 1. The van der Waals surface area contributed by atoms with Gasteiger partial charge < -0.3 is 9.84 Å². The molecule has 0 bridgehead atoms. The molecule has 0 radical (unpaired) electrons. The van der Waals surface area contributed by atoms with Gasteiger partial charge in [-0.05, 0) is 27.2 Å². The monoisotopic (exact) mass is 233 g/mol. The van der Waals surface area contributed by atoms with E-state index in [1.165, 1.54) is 4.90 Å². The summed E-state index contributed by atoms with van der Waals surface area (Å²) in [5, 5.41) is 8.81. The smallest absolute Gasteiger partial charge is 0.360 e. The molecule has 1 heterocycles. The second kappa shape index (κ2) is 4.67. The number of β-amino-alcohol motifs (C(OH)–C–C–N with tert-alkyl or cyclic N) is 1. The number of halogens is 1. The predicted molar refractivity (Wildman–Crippen MR) is 57.6 cm³/mol. The maximum absolute atomic E-state index is 14.4. The summed E-state index contributed by atoms with van der Waals surface area (Å²) >= 11 is 0. The molecule has 0 spiro atoms. The minimum absolute atomic E-state index is 0.141. The van der Waals surface area contributed by atoms with Gasteiger partial charge in [0.25, 0.3) is 5.79 Å². The highest BCUT2D eigenvalue weighted by Gasteiger charge is 2.50. The highest BCUT2D eigenvalue weighted by atomic mass is 19.1. The van der Waals surface area contributed by atoms with Crippen LogP contribution in [-0.4, -0.2) is 47.1 Å². The molecule has 16 heavy (non-hydrogen) atoms. The number of carbonyl (C=O) groups excluding carboxylic acids is 1. The zero-order valence-corrected chi connectivity index (χ0v) is 10.1. The minimum atomic E-state index is -2.06. The van der Waals surface area contributed by atoms with Gasteiger partial charge in [-0.2, -0.15) is 0 Å². The summed E-state index contributed by atoms with van der Waals surface area (Å²) < 4.78 is 19.5. The van der Waals surface area contributed by atoms with Crippen molar-refractivity contribution in [1.29, 1.82) is 0 Å². The standard InChI is InChI=1S/C11H20FNO3/c1-10(2,3)16-9(15)11(12)5-4-6-13(11)7-8-14/h14H,4-8H2,1-3H3. The SMILES string of the molecule is CC(C)(C)OC(=O)C1(F)CCCN1CCO. The lowest BCUT2D eigenvalue weighted by atomic mass is 10.1. The maximum Gasteiger partial charge on any atom is 0.360 e. The first-order valence-corrected chi connectivity index (χ1v) is 5.58. The molecule has 0 aromatic heterocycles. The number of aliphatic hydroxyl groups excluding tert-OH is 1. The lowest BCUT2D eigenvalue weighted by Gasteiger charge is -2.31. The van der Waals surface area contributed by atoms with Crippen molar-refractivity contribution >= 4 is 5.97 Å². The van der Waals surface area contributed by atoms with E-state index in [0.717, 1.165) is 0 Å². The molecular formula is C11H20FNO3. The van der Waals surface area contributed by atoms with Crippen molar-refractivity contribution in [2.45, 2.75) is 45.0 Å². The van der Waals surface area contributed by atoms with Crippen LogP contribution in [0.4, 0.5) is 4.39 Å². The number of ether oxygens (including phenoxy) is 1. The van der Waals surface area contributed by atoms with Crippen LogP contribution >= 0.6 is 0 Å². The minimum Gasteiger partial charge on any atom is -0.457 e. The fraction of sp³-hybridized carbons (Fsp3) is 0.909. The summed E-state index contributed by atoms with van der Waals surface area (Å²) in [5.74, 6) is -2.90.